The zero-order chi connectivity index (χ0) is 27.2. The molecule has 0 aliphatic heterocycles. The van der Waals surface area contributed by atoms with E-state index in [0.717, 1.165) is 38.5 Å². The van der Waals surface area contributed by atoms with Gasteiger partial charge in [-0.2, -0.15) is 0 Å². The van der Waals surface area contributed by atoms with Crippen molar-refractivity contribution in [1.82, 2.24) is 5.32 Å². The highest BCUT2D eigenvalue weighted by atomic mass is 16.3. The quantitative estimate of drug-likeness (QED) is 0.0711. The number of amides is 1. The number of aliphatic hydroxyl groups is 2. The van der Waals surface area contributed by atoms with Crippen LogP contribution >= 0.6 is 0 Å². The zero-order valence-electron chi connectivity index (χ0n) is 24.7. The lowest BCUT2D eigenvalue weighted by molar-refractivity contribution is -0.123. The van der Waals surface area contributed by atoms with Crippen molar-refractivity contribution in [3.63, 3.8) is 0 Å². The number of unbranched alkanes of at least 4 members (excludes halogenated alkanes) is 19. The highest BCUT2D eigenvalue weighted by molar-refractivity contribution is 5.76. The highest BCUT2D eigenvalue weighted by Gasteiger charge is 2.17. The molecule has 37 heavy (non-hydrogen) atoms. The number of carbonyl (C=O) groups excluding carboxylic acids is 1. The molecule has 0 fully saturated rings. The van der Waals surface area contributed by atoms with Crippen molar-refractivity contribution in [2.75, 3.05) is 6.61 Å². The lowest BCUT2D eigenvalue weighted by atomic mass is 10.1. The predicted molar refractivity (Wildman–Crippen MR) is 161 cm³/mol. The third kappa shape index (κ3) is 26.3. The van der Waals surface area contributed by atoms with Gasteiger partial charge in [-0.3, -0.25) is 4.79 Å². The third-order valence-electron chi connectivity index (χ3n) is 7.18. The molecule has 0 unspecified atom stereocenters. The number of carbonyl (C=O) groups is 1. The van der Waals surface area contributed by atoms with Crippen molar-refractivity contribution in [1.29, 1.82) is 0 Å². The Morgan fingerprint density at radius 1 is 0.622 bits per heavy atom. The number of rotatable bonds is 28. The van der Waals surface area contributed by atoms with Crippen molar-refractivity contribution >= 4 is 5.91 Å². The van der Waals surface area contributed by atoms with Gasteiger partial charge in [0.05, 0.1) is 18.8 Å². The van der Waals surface area contributed by atoms with Gasteiger partial charge in [0.25, 0.3) is 0 Å². The van der Waals surface area contributed by atoms with Gasteiger partial charge in [-0.1, -0.05) is 134 Å². The number of hydrogen-bond donors (Lipinski definition) is 3. The molecular formula is C33H63NO3. The summed E-state index contributed by atoms with van der Waals surface area (Å²) in [6.07, 6.45) is 35.3. The Hall–Kier alpha value is -1.13. The van der Waals surface area contributed by atoms with E-state index in [2.05, 4.69) is 31.3 Å². The Labute approximate surface area is 230 Å². The van der Waals surface area contributed by atoms with E-state index < -0.39 is 12.1 Å². The number of aliphatic hydroxyl groups excluding tert-OH is 2. The number of hydrogen-bond acceptors (Lipinski definition) is 3. The minimum atomic E-state index is -0.836. The summed E-state index contributed by atoms with van der Waals surface area (Å²) in [7, 11) is 0. The van der Waals surface area contributed by atoms with E-state index in [1.807, 2.05) is 6.08 Å². The first-order valence-electron chi connectivity index (χ1n) is 16.1. The summed E-state index contributed by atoms with van der Waals surface area (Å²) in [4.78, 5) is 12.2. The van der Waals surface area contributed by atoms with Crippen LogP contribution < -0.4 is 5.32 Å². The van der Waals surface area contributed by atoms with Crippen LogP contribution in [0.5, 0.6) is 0 Å². The molecule has 0 aromatic carbocycles. The standard InChI is InChI=1S/C33H63NO3/c1-3-5-7-9-11-13-15-17-19-21-23-25-27-29-33(37)34-31(30-35)32(36)28-26-24-22-20-18-16-14-12-10-8-6-4-2/h13,15,26,28,31-32,35-36H,3-12,14,16-25,27,29-30H2,1-2H3,(H,34,37)/b15-13+,28-26+/t31-,32+/m0/s1. The summed E-state index contributed by atoms with van der Waals surface area (Å²) >= 11 is 0. The second-order valence-corrected chi connectivity index (χ2v) is 10.9. The first-order chi connectivity index (χ1) is 18.2. The molecule has 3 N–H and O–H groups in total. The Kier molecular flexibility index (Phi) is 28.5. The fourth-order valence-corrected chi connectivity index (χ4v) is 4.64. The third-order valence-corrected chi connectivity index (χ3v) is 7.18. The van der Waals surface area contributed by atoms with E-state index in [9.17, 15) is 15.0 Å². The molecule has 0 rings (SSSR count). The van der Waals surface area contributed by atoms with Crippen LogP contribution in [-0.2, 0) is 4.79 Å². The first kappa shape index (κ1) is 35.9. The van der Waals surface area contributed by atoms with Crippen LogP contribution in [0.4, 0.5) is 0 Å². The van der Waals surface area contributed by atoms with E-state index in [4.69, 9.17) is 0 Å². The van der Waals surface area contributed by atoms with Crippen molar-refractivity contribution in [2.24, 2.45) is 0 Å². The van der Waals surface area contributed by atoms with Gasteiger partial charge in [0.2, 0.25) is 5.91 Å². The SMILES string of the molecule is CCCCCC/C=C/CCCCCCCC(=O)N[C@@H](CO)[C@H](O)/C=C/CCCCCCCCCCCC. The van der Waals surface area contributed by atoms with Crippen LogP contribution in [0, 0.1) is 0 Å². The van der Waals surface area contributed by atoms with Gasteiger partial charge in [0, 0.05) is 6.42 Å². The van der Waals surface area contributed by atoms with E-state index >= 15 is 0 Å². The van der Waals surface area contributed by atoms with Crippen molar-refractivity contribution in [3.8, 4) is 0 Å². The Morgan fingerprint density at radius 3 is 1.51 bits per heavy atom. The molecule has 0 aliphatic carbocycles. The minimum absolute atomic E-state index is 0.0767. The fourth-order valence-electron chi connectivity index (χ4n) is 4.64. The summed E-state index contributed by atoms with van der Waals surface area (Å²) in [6, 6.07) is -0.620. The molecular weight excluding hydrogens is 458 g/mol. The molecule has 0 saturated carbocycles. The summed E-state index contributed by atoms with van der Waals surface area (Å²) in [5.74, 6) is -0.0767. The summed E-state index contributed by atoms with van der Waals surface area (Å²) in [5.41, 5.74) is 0. The summed E-state index contributed by atoms with van der Waals surface area (Å²) in [5, 5.41) is 22.7. The van der Waals surface area contributed by atoms with Crippen molar-refractivity contribution in [2.45, 2.75) is 174 Å². The lowest BCUT2D eigenvalue weighted by Crippen LogP contribution is -2.45. The lowest BCUT2D eigenvalue weighted by Gasteiger charge is -2.20. The summed E-state index contributed by atoms with van der Waals surface area (Å²) < 4.78 is 0. The van der Waals surface area contributed by atoms with E-state index in [0.29, 0.717) is 6.42 Å². The molecule has 2 atom stereocenters. The second kappa shape index (κ2) is 29.4. The van der Waals surface area contributed by atoms with Gasteiger partial charge in [-0.15, -0.1) is 0 Å². The highest BCUT2D eigenvalue weighted by Crippen LogP contribution is 2.12. The molecule has 218 valence electrons. The molecule has 4 nitrogen and oxygen atoms in total. The molecule has 0 bridgehead atoms. The molecule has 0 saturated heterocycles. The Morgan fingerprint density at radius 2 is 1.03 bits per heavy atom. The van der Waals surface area contributed by atoms with Gasteiger partial charge in [-0.05, 0) is 44.9 Å². The van der Waals surface area contributed by atoms with E-state index in [1.165, 1.54) is 103 Å². The van der Waals surface area contributed by atoms with Crippen molar-refractivity contribution in [3.05, 3.63) is 24.3 Å². The van der Waals surface area contributed by atoms with Crippen LogP contribution in [0.15, 0.2) is 24.3 Å². The maximum absolute atomic E-state index is 12.2. The minimum Gasteiger partial charge on any atom is -0.394 e. The topological polar surface area (TPSA) is 69.6 Å². The average molecular weight is 522 g/mol. The van der Waals surface area contributed by atoms with Crippen LogP contribution in [0.3, 0.4) is 0 Å². The van der Waals surface area contributed by atoms with Crippen LogP contribution in [-0.4, -0.2) is 34.9 Å². The number of nitrogens with one attached hydrogen (secondary N) is 1. The monoisotopic (exact) mass is 521 g/mol. The number of allylic oxidation sites excluding steroid dienone is 3. The smallest absolute Gasteiger partial charge is 0.220 e. The molecule has 4 heteroatoms. The molecule has 0 radical (unpaired) electrons. The van der Waals surface area contributed by atoms with E-state index in [1.54, 1.807) is 6.08 Å². The Balaban J connectivity index is 3.69. The van der Waals surface area contributed by atoms with Crippen LogP contribution in [0.2, 0.25) is 0 Å². The molecule has 0 aromatic rings. The maximum atomic E-state index is 12.2. The fraction of sp³-hybridized carbons (Fsp3) is 0.848. The van der Waals surface area contributed by atoms with Crippen LogP contribution in [0.25, 0.3) is 0 Å². The molecule has 0 spiro atoms. The maximum Gasteiger partial charge on any atom is 0.220 e. The predicted octanol–water partition coefficient (Wildman–Crippen LogP) is 8.95. The average Bonchev–Trinajstić information content (AvgIpc) is 2.90. The first-order valence-corrected chi connectivity index (χ1v) is 16.1. The van der Waals surface area contributed by atoms with Gasteiger partial charge in [-0.25, -0.2) is 0 Å². The Bertz CT molecular complexity index is 532. The van der Waals surface area contributed by atoms with Gasteiger partial charge >= 0.3 is 0 Å². The van der Waals surface area contributed by atoms with E-state index in [-0.39, 0.29) is 12.5 Å². The normalized spacial score (nSPS) is 13.5. The molecule has 0 aromatic heterocycles. The molecule has 0 aliphatic rings. The zero-order valence-corrected chi connectivity index (χ0v) is 24.7. The van der Waals surface area contributed by atoms with Crippen LogP contribution in [0.1, 0.15) is 162 Å². The van der Waals surface area contributed by atoms with Gasteiger partial charge < -0.3 is 15.5 Å². The van der Waals surface area contributed by atoms with Crippen molar-refractivity contribution < 1.29 is 15.0 Å². The molecule has 0 heterocycles. The largest absolute Gasteiger partial charge is 0.394 e. The summed E-state index contributed by atoms with van der Waals surface area (Å²) in [6.45, 7) is 4.26. The van der Waals surface area contributed by atoms with Gasteiger partial charge in [0.1, 0.15) is 0 Å². The molecule has 1 amide bonds. The van der Waals surface area contributed by atoms with Gasteiger partial charge in [0.15, 0.2) is 0 Å². The second-order valence-electron chi connectivity index (χ2n) is 10.9.